The van der Waals surface area contributed by atoms with Crippen molar-refractivity contribution in [3.63, 3.8) is 0 Å². The smallest absolute Gasteiger partial charge is 0.244 e. The molecule has 0 saturated heterocycles. The van der Waals surface area contributed by atoms with Gasteiger partial charge >= 0.3 is 0 Å². The van der Waals surface area contributed by atoms with Crippen LogP contribution in [0.25, 0.3) is 5.57 Å². The second-order valence-corrected chi connectivity index (χ2v) is 5.03. The van der Waals surface area contributed by atoms with Crippen LogP contribution in [0.3, 0.4) is 0 Å². The minimum atomic E-state index is -0.0490. The average molecular weight is 279 g/mol. The molecule has 0 fully saturated rings. The molecule has 0 saturated carbocycles. The normalized spacial score (nSPS) is 12.8. The van der Waals surface area contributed by atoms with Crippen molar-refractivity contribution in [2.24, 2.45) is 0 Å². The van der Waals surface area contributed by atoms with Gasteiger partial charge in [0.2, 0.25) is 5.91 Å². The first kappa shape index (κ1) is 15.0. The van der Waals surface area contributed by atoms with E-state index < -0.39 is 0 Å². The Balaban J connectivity index is 2.08. The van der Waals surface area contributed by atoms with E-state index in [-0.39, 0.29) is 11.9 Å². The lowest BCUT2D eigenvalue weighted by Crippen LogP contribution is -2.24. The average Bonchev–Trinajstić information content (AvgIpc) is 2.54. The highest BCUT2D eigenvalue weighted by Gasteiger charge is 2.08. The molecule has 1 atom stereocenters. The number of amides is 1. The highest BCUT2D eigenvalue weighted by Crippen LogP contribution is 2.18. The summed E-state index contributed by atoms with van der Waals surface area (Å²) < 4.78 is 0. The highest BCUT2D eigenvalue weighted by molar-refractivity contribution is 5.95. The molecule has 1 amide bonds. The van der Waals surface area contributed by atoms with Crippen LogP contribution in [-0.4, -0.2) is 5.91 Å². The Morgan fingerprint density at radius 1 is 1.05 bits per heavy atom. The van der Waals surface area contributed by atoms with Crippen molar-refractivity contribution in [3.05, 3.63) is 77.9 Å². The zero-order valence-corrected chi connectivity index (χ0v) is 12.5. The monoisotopic (exact) mass is 279 g/mol. The minimum Gasteiger partial charge on any atom is -0.346 e. The van der Waals surface area contributed by atoms with E-state index in [0.717, 1.165) is 23.1 Å². The van der Waals surface area contributed by atoms with Gasteiger partial charge in [-0.15, -0.1) is 0 Å². The number of benzene rings is 2. The zero-order chi connectivity index (χ0) is 15.1. The molecule has 2 nitrogen and oxygen atoms in total. The van der Waals surface area contributed by atoms with E-state index >= 15 is 0 Å². The van der Waals surface area contributed by atoms with Crippen LogP contribution < -0.4 is 5.32 Å². The molecule has 0 radical (unpaired) electrons. The third kappa shape index (κ3) is 4.32. The lowest BCUT2D eigenvalue weighted by molar-refractivity contribution is -0.117. The minimum absolute atomic E-state index is 0.00355. The SMILES string of the molecule is CC/C(=C\C(=O)N[C@H](C)c1ccccc1)c1ccccc1. The van der Waals surface area contributed by atoms with E-state index in [1.54, 1.807) is 6.08 Å². The summed E-state index contributed by atoms with van der Waals surface area (Å²) in [5.74, 6) is -0.0490. The zero-order valence-electron chi connectivity index (χ0n) is 12.5. The first-order valence-corrected chi connectivity index (χ1v) is 7.32. The van der Waals surface area contributed by atoms with Crippen LogP contribution in [-0.2, 0) is 4.79 Å². The Morgan fingerprint density at radius 3 is 2.19 bits per heavy atom. The molecule has 2 aromatic rings. The van der Waals surface area contributed by atoms with Crippen molar-refractivity contribution >= 4 is 11.5 Å². The second-order valence-electron chi connectivity index (χ2n) is 5.03. The molecule has 0 bridgehead atoms. The summed E-state index contributed by atoms with van der Waals surface area (Å²) >= 11 is 0. The van der Waals surface area contributed by atoms with Gasteiger partial charge in [0.25, 0.3) is 0 Å². The largest absolute Gasteiger partial charge is 0.346 e. The first-order chi connectivity index (χ1) is 10.2. The van der Waals surface area contributed by atoms with Gasteiger partial charge in [0.05, 0.1) is 6.04 Å². The second kappa shape index (κ2) is 7.44. The van der Waals surface area contributed by atoms with E-state index in [1.165, 1.54) is 0 Å². The summed E-state index contributed by atoms with van der Waals surface area (Å²) in [6.07, 6.45) is 2.53. The van der Waals surface area contributed by atoms with Crippen LogP contribution in [0.1, 0.15) is 37.4 Å². The van der Waals surface area contributed by atoms with Gasteiger partial charge < -0.3 is 5.32 Å². The van der Waals surface area contributed by atoms with Crippen LogP contribution in [0.5, 0.6) is 0 Å². The lowest BCUT2D eigenvalue weighted by Gasteiger charge is -2.13. The summed E-state index contributed by atoms with van der Waals surface area (Å²) in [6, 6.07) is 20.0. The fourth-order valence-electron chi connectivity index (χ4n) is 2.28. The van der Waals surface area contributed by atoms with Crippen molar-refractivity contribution in [1.29, 1.82) is 0 Å². The Hall–Kier alpha value is -2.35. The van der Waals surface area contributed by atoms with Crippen LogP contribution in [0.15, 0.2) is 66.7 Å². The predicted molar refractivity (Wildman–Crippen MR) is 87.7 cm³/mol. The van der Waals surface area contributed by atoms with Gasteiger partial charge in [-0.1, -0.05) is 67.6 Å². The molecule has 2 aromatic carbocycles. The summed E-state index contributed by atoms with van der Waals surface area (Å²) in [4.78, 5) is 12.2. The Bertz CT molecular complexity index is 602. The van der Waals surface area contributed by atoms with Crippen molar-refractivity contribution in [2.75, 3.05) is 0 Å². The summed E-state index contributed by atoms with van der Waals surface area (Å²) in [6.45, 7) is 4.06. The van der Waals surface area contributed by atoms with Crippen LogP contribution >= 0.6 is 0 Å². The van der Waals surface area contributed by atoms with Gasteiger partial charge in [-0.05, 0) is 30.0 Å². The molecule has 1 N–H and O–H groups in total. The number of carbonyl (C=O) groups is 1. The van der Waals surface area contributed by atoms with Gasteiger partial charge in [0.1, 0.15) is 0 Å². The van der Waals surface area contributed by atoms with Gasteiger partial charge in [0, 0.05) is 6.08 Å². The maximum Gasteiger partial charge on any atom is 0.244 e. The Morgan fingerprint density at radius 2 is 1.62 bits per heavy atom. The van der Waals surface area contributed by atoms with Crippen molar-refractivity contribution in [1.82, 2.24) is 5.32 Å². The topological polar surface area (TPSA) is 29.1 Å². The quantitative estimate of drug-likeness (QED) is 0.810. The molecule has 0 aliphatic heterocycles. The standard InChI is InChI=1S/C19H21NO/c1-3-16(18-12-8-5-9-13-18)14-19(21)20-15(2)17-10-6-4-7-11-17/h4-15H,3H2,1-2H3,(H,20,21)/b16-14+/t15-/m1/s1. The number of hydrogen-bond donors (Lipinski definition) is 1. The predicted octanol–water partition coefficient (Wildman–Crippen LogP) is 4.36. The molecule has 108 valence electrons. The van der Waals surface area contributed by atoms with Gasteiger partial charge in [-0.2, -0.15) is 0 Å². The Labute approximate surface area is 126 Å². The molecule has 0 aromatic heterocycles. The lowest BCUT2D eigenvalue weighted by atomic mass is 10.0. The first-order valence-electron chi connectivity index (χ1n) is 7.32. The number of carbonyl (C=O) groups excluding carboxylic acids is 1. The molecule has 0 aliphatic rings. The van der Waals surface area contributed by atoms with Crippen molar-refractivity contribution in [2.45, 2.75) is 26.3 Å². The van der Waals surface area contributed by atoms with Gasteiger partial charge in [-0.25, -0.2) is 0 Å². The molecular formula is C19H21NO. The van der Waals surface area contributed by atoms with Crippen LogP contribution in [0, 0.1) is 0 Å². The number of hydrogen-bond acceptors (Lipinski definition) is 1. The van der Waals surface area contributed by atoms with Crippen molar-refractivity contribution in [3.8, 4) is 0 Å². The third-order valence-electron chi connectivity index (χ3n) is 3.49. The number of rotatable bonds is 5. The van der Waals surface area contributed by atoms with E-state index in [0.29, 0.717) is 0 Å². The summed E-state index contributed by atoms with van der Waals surface area (Å²) in [7, 11) is 0. The molecule has 0 spiro atoms. The van der Waals surface area contributed by atoms with E-state index in [1.807, 2.05) is 67.6 Å². The molecule has 21 heavy (non-hydrogen) atoms. The maximum absolute atomic E-state index is 12.2. The molecule has 2 heteroatoms. The molecule has 0 aliphatic carbocycles. The molecular weight excluding hydrogens is 258 g/mol. The third-order valence-corrected chi connectivity index (χ3v) is 3.49. The van der Waals surface area contributed by atoms with E-state index in [4.69, 9.17) is 0 Å². The molecule has 0 unspecified atom stereocenters. The summed E-state index contributed by atoms with van der Waals surface area (Å²) in [5, 5.41) is 3.02. The Kier molecular flexibility index (Phi) is 5.33. The van der Waals surface area contributed by atoms with Gasteiger partial charge in [-0.3, -0.25) is 4.79 Å². The van der Waals surface area contributed by atoms with Crippen LogP contribution in [0.2, 0.25) is 0 Å². The van der Waals surface area contributed by atoms with Crippen LogP contribution in [0.4, 0.5) is 0 Å². The van der Waals surface area contributed by atoms with E-state index in [9.17, 15) is 4.79 Å². The van der Waals surface area contributed by atoms with E-state index in [2.05, 4.69) is 12.2 Å². The summed E-state index contributed by atoms with van der Waals surface area (Å²) in [5.41, 5.74) is 3.26. The molecule has 0 heterocycles. The van der Waals surface area contributed by atoms with Crippen molar-refractivity contribution < 1.29 is 4.79 Å². The molecule has 2 rings (SSSR count). The fraction of sp³-hybridized carbons (Fsp3) is 0.211. The number of nitrogens with one attached hydrogen (secondary N) is 1. The van der Waals surface area contributed by atoms with Gasteiger partial charge in [0.15, 0.2) is 0 Å². The number of allylic oxidation sites excluding steroid dienone is 1. The fourth-order valence-corrected chi connectivity index (χ4v) is 2.28. The highest BCUT2D eigenvalue weighted by atomic mass is 16.1. The maximum atomic E-state index is 12.2.